The Hall–Kier alpha value is -1.25. The van der Waals surface area contributed by atoms with Gasteiger partial charge in [0.15, 0.2) is 0 Å². The van der Waals surface area contributed by atoms with Crippen LogP contribution in [0.2, 0.25) is 0 Å². The maximum atomic E-state index is 10.9. The molecule has 1 aliphatic rings. The highest BCUT2D eigenvalue weighted by Crippen LogP contribution is 2.09. The van der Waals surface area contributed by atoms with Crippen LogP contribution in [-0.2, 0) is 4.79 Å². The molecule has 0 bridgehead atoms. The fourth-order valence-electron chi connectivity index (χ4n) is 1.27. The smallest absolute Gasteiger partial charge is 0.264 e. The fourth-order valence-corrected chi connectivity index (χ4v) is 1.27. The molecule has 0 unspecified atom stereocenters. The predicted molar refractivity (Wildman–Crippen MR) is 48.3 cm³/mol. The van der Waals surface area contributed by atoms with E-state index in [0.29, 0.717) is 5.70 Å². The van der Waals surface area contributed by atoms with Gasteiger partial charge in [-0.15, -0.1) is 0 Å². The molecule has 1 aliphatic heterocycles. The van der Waals surface area contributed by atoms with Crippen LogP contribution in [0.5, 0.6) is 0 Å². The van der Waals surface area contributed by atoms with Crippen molar-refractivity contribution in [1.29, 1.82) is 0 Å². The summed E-state index contributed by atoms with van der Waals surface area (Å²) in [5, 5.41) is 0. The number of hydrogen-bond donors (Lipinski definition) is 1. The zero-order chi connectivity index (χ0) is 8.97. The number of rotatable bonds is 3. The Kier molecular flexibility index (Phi) is 2.91. The minimum atomic E-state index is -0.340. The fraction of sp³-hybridized carbons (Fsp3) is 0.444. The van der Waals surface area contributed by atoms with Gasteiger partial charge in [0.1, 0.15) is 5.70 Å². The molecule has 1 amide bonds. The van der Waals surface area contributed by atoms with Gasteiger partial charge in [0, 0.05) is 13.1 Å². The zero-order valence-electron chi connectivity index (χ0n) is 7.29. The number of nitrogens with zero attached hydrogens (tertiary/aromatic N) is 1. The third kappa shape index (κ3) is 1.87. The first-order valence-electron chi connectivity index (χ1n) is 4.17. The van der Waals surface area contributed by atoms with Gasteiger partial charge in [-0.05, 0) is 12.5 Å². The minimum absolute atomic E-state index is 0.340. The highest BCUT2D eigenvalue weighted by molar-refractivity contribution is 5.91. The summed E-state index contributed by atoms with van der Waals surface area (Å²) in [6.45, 7) is 3.76. The number of carbonyl (C=O) groups is 1. The molecule has 3 nitrogen and oxygen atoms in total. The first kappa shape index (κ1) is 8.84. The average Bonchev–Trinajstić information content (AvgIpc) is 2.05. The van der Waals surface area contributed by atoms with E-state index in [1.54, 1.807) is 6.08 Å². The van der Waals surface area contributed by atoms with E-state index in [1.165, 1.54) is 0 Å². The van der Waals surface area contributed by atoms with Crippen molar-refractivity contribution in [1.82, 2.24) is 4.90 Å². The van der Waals surface area contributed by atoms with Crippen molar-refractivity contribution >= 4 is 5.91 Å². The number of hydrogen-bond acceptors (Lipinski definition) is 2. The van der Waals surface area contributed by atoms with Gasteiger partial charge in [-0.3, -0.25) is 4.79 Å². The molecule has 1 rings (SSSR count). The van der Waals surface area contributed by atoms with E-state index < -0.39 is 0 Å². The summed E-state index contributed by atoms with van der Waals surface area (Å²) in [7, 11) is 0. The van der Waals surface area contributed by atoms with Gasteiger partial charge in [-0.25, -0.2) is 0 Å². The standard InChI is InChI=1S/C9H14N2O/c1-2-6-11-7-4-3-5-8(11)9(10)12/h3-5H,2,6-7H2,1H3,(H2,10,12). The summed E-state index contributed by atoms with van der Waals surface area (Å²) < 4.78 is 0. The van der Waals surface area contributed by atoms with Gasteiger partial charge in [0.2, 0.25) is 0 Å². The normalized spacial score (nSPS) is 16.1. The molecule has 1 heterocycles. The van der Waals surface area contributed by atoms with Crippen molar-refractivity contribution in [3.05, 3.63) is 23.9 Å². The van der Waals surface area contributed by atoms with Crippen LogP contribution in [-0.4, -0.2) is 23.9 Å². The summed E-state index contributed by atoms with van der Waals surface area (Å²) in [5.41, 5.74) is 5.83. The number of carbonyl (C=O) groups excluding carboxylic acids is 1. The molecule has 0 fully saturated rings. The van der Waals surface area contributed by atoms with Gasteiger partial charge in [0.05, 0.1) is 0 Å². The van der Waals surface area contributed by atoms with Crippen molar-refractivity contribution in [2.24, 2.45) is 5.73 Å². The Labute approximate surface area is 72.5 Å². The van der Waals surface area contributed by atoms with Crippen LogP contribution in [0.25, 0.3) is 0 Å². The highest BCUT2D eigenvalue weighted by Gasteiger charge is 2.13. The second-order valence-corrected chi connectivity index (χ2v) is 2.79. The van der Waals surface area contributed by atoms with E-state index in [-0.39, 0.29) is 5.91 Å². The summed E-state index contributed by atoms with van der Waals surface area (Å²) in [6, 6.07) is 0. The van der Waals surface area contributed by atoms with Gasteiger partial charge < -0.3 is 10.6 Å². The average molecular weight is 166 g/mol. The summed E-state index contributed by atoms with van der Waals surface area (Å²) in [6.07, 6.45) is 6.67. The van der Waals surface area contributed by atoms with Gasteiger partial charge in [0.25, 0.3) is 5.91 Å². The van der Waals surface area contributed by atoms with Crippen LogP contribution in [0, 0.1) is 0 Å². The molecule has 0 aliphatic carbocycles. The maximum Gasteiger partial charge on any atom is 0.264 e. The molecule has 12 heavy (non-hydrogen) atoms. The van der Waals surface area contributed by atoms with Crippen LogP contribution >= 0.6 is 0 Å². The quantitative estimate of drug-likeness (QED) is 0.668. The molecule has 0 atom stereocenters. The molecule has 0 aromatic heterocycles. The monoisotopic (exact) mass is 166 g/mol. The lowest BCUT2D eigenvalue weighted by molar-refractivity contribution is -0.116. The molecule has 0 spiro atoms. The first-order valence-corrected chi connectivity index (χ1v) is 4.17. The summed E-state index contributed by atoms with van der Waals surface area (Å²) in [5.74, 6) is -0.340. The second kappa shape index (κ2) is 3.95. The lowest BCUT2D eigenvalue weighted by atomic mass is 10.2. The van der Waals surface area contributed by atoms with Crippen LogP contribution in [0.1, 0.15) is 13.3 Å². The lowest BCUT2D eigenvalue weighted by Crippen LogP contribution is -2.33. The number of allylic oxidation sites excluding steroid dienone is 2. The third-order valence-corrected chi connectivity index (χ3v) is 1.80. The predicted octanol–water partition coefficient (Wildman–Crippen LogP) is 0.637. The molecule has 0 saturated carbocycles. The van der Waals surface area contributed by atoms with Crippen LogP contribution in [0.15, 0.2) is 23.9 Å². The van der Waals surface area contributed by atoms with Gasteiger partial charge >= 0.3 is 0 Å². The Morgan fingerprint density at radius 1 is 1.75 bits per heavy atom. The van der Waals surface area contributed by atoms with Crippen LogP contribution in [0.4, 0.5) is 0 Å². The van der Waals surface area contributed by atoms with E-state index in [9.17, 15) is 4.79 Å². The zero-order valence-corrected chi connectivity index (χ0v) is 7.29. The van der Waals surface area contributed by atoms with E-state index in [2.05, 4.69) is 6.92 Å². The van der Waals surface area contributed by atoms with E-state index >= 15 is 0 Å². The second-order valence-electron chi connectivity index (χ2n) is 2.79. The van der Waals surface area contributed by atoms with Crippen LogP contribution in [0.3, 0.4) is 0 Å². The third-order valence-electron chi connectivity index (χ3n) is 1.80. The van der Waals surface area contributed by atoms with Crippen molar-refractivity contribution < 1.29 is 4.79 Å². The van der Waals surface area contributed by atoms with Crippen molar-refractivity contribution in [3.8, 4) is 0 Å². The molecule has 0 aromatic carbocycles. The topological polar surface area (TPSA) is 46.3 Å². The molecular formula is C9H14N2O. The molecule has 2 N–H and O–H groups in total. The molecule has 0 saturated heterocycles. The van der Waals surface area contributed by atoms with Crippen molar-refractivity contribution in [2.75, 3.05) is 13.1 Å². The maximum absolute atomic E-state index is 10.9. The highest BCUT2D eigenvalue weighted by atomic mass is 16.1. The minimum Gasteiger partial charge on any atom is -0.364 e. The Bertz CT molecular complexity index is 231. The largest absolute Gasteiger partial charge is 0.364 e. The molecule has 66 valence electrons. The Balaban J connectivity index is 2.69. The van der Waals surface area contributed by atoms with Gasteiger partial charge in [-0.1, -0.05) is 19.1 Å². The Morgan fingerprint density at radius 3 is 3.08 bits per heavy atom. The van der Waals surface area contributed by atoms with E-state index in [1.807, 2.05) is 17.1 Å². The molecule has 0 aromatic rings. The van der Waals surface area contributed by atoms with Crippen molar-refractivity contribution in [3.63, 3.8) is 0 Å². The molecule has 0 radical (unpaired) electrons. The summed E-state index contributed by atoms with van der Waals surface area (Å²) >= 11 is 0. The number of nitrogens with two attached hydrogens (primary N) is 1. The SMILES string of the molecule is CCCN1CC=CC=C1C(N)=O. The van der Waals surface area contributed by atoms with E-state index in [4.69, 9.17) is 5.73 Å². The molecular weight excluding hydrogens is 152 g/mol. The van der Waals surface area contributed by atoms with Crippen molar-refractivity contribution in [2.45, 2.75) is 13.3 Å². The Morgan fingerprint density at radius 2 is 2.50 bits per heavy atom. The van der Waals surface area contributed by atoms with Gasteiger partial charge in [-0.2, -0.15) is 0 Å². The first-order chi connectivity index (χ1) is 5.75. The number of amides is 1. The van der Waals surface area contributed by atoms with Crippen LogP contribution < -0.4 is 5.73 Å². The molecule has 3 heteroatoms. The van der Waals surface area contributed by atoms with E-state index in [0.717, 1.165) is 19.5 Å². The lowest BCUT2D eigenvalue weighted by Gasteiger charge is -2.25. The summed E-state index contributed by atoms with van der Waals surface area (Å²) in [4.78, 5) is 12.9. The number of primary amides is 1.